The van der Waals surface area contributed by atoms with Crippen LogP contribution in [0.1, 0.15) is 58.5 Å². The molecule has 1 amide bonds. The van der Waals surface area contributed by atoms with E-state index in [1.54, 1.807) is 13.0 Å². The smallest absolute Gasteiger partial charge is 0.375 e. The van der Waals surface area contributed by atoms with Crippen LogP contribution in [0.15, 0.2) is 21.2 Å². The average Bonchev–Trinajstić information content (AvgIpc) is 3.24. The zero-order valence-electron chi connectivity index (χ0n) is 16.4. The molecule has 0 saturated heterocycles. The second-order valence-electron chi connectivity index (χ2n) is 6.92. The third-order valence-corrected chi connectivity index (χ3v) is 6.25. The van der Waals surface area contributed by atoms with Crippen LogP contribution in [0.2, 0.25) is 0 Å². The Morgan fingerprint density at radius 1 is 1.34 bits per heavy atom. The van der Waals surface area contributed by atoms with E-state index < -0.39 is 23.9 Å². The maximum Gasteiger partial charge on any atom is 0.375 e. The van der Waals surface area contributed by atoms with E-state index in [1.165, 1.54) is 24.3 Å². The molecule has 0 fully saturated rings. The molecule has 7 nitrogen and oxygen atoms in total. The fourth-order valence-corrected chi connectivity index (χ4v) is 4.88. The lowest BCUT2D eigenvalue weighted by Crippen LogP contribution is -2.30. The Morgan fingerprint density at radius 3 is 2.76 bits per heavy atom. The molecule has 2 aromatic heterocycles. The van der Waals surface area contributed by atoms with E-state index in [1.807, 2.05) is 0 Å². The van der Waals surface area contributed by atoms with E-state index in [4.69, 9.17) is 13.9 Å². The van der Waals surface area contributed by atoms with E-state index in [-0.39, 0.29) is 12.4 Å². The van der Waals surface area contributed by atoms with Crippen molar-refractivity contribution in [1.82, 2.24) is 0 Å². The second-order valence-corrected chi connectivity index (χ2v) is 8.80. The summed E-state index contributed by atoms with van der Waals surface area (Å²) in [6.45, 7) is 5.62. The molecule has 156 valence electrons. The minimum absolute atomic E-state index is 0.00990. The van der Waals surface area contributed by atoms with Gasteiger partial charge < -0.3 is 19.2 Å². The van der Waals surface area contributed by atoms with Crippen LogP contribution in [-0.2, 0) is 27.1 Å². The van der Waals surface area contributed by atoms with Gasteiger partial charge in [0.15, 0.2) is 10.8 Å². The molecule has 2 atom stereocenters. The monoisotopic (exact) mass is 483 g/mol. The number of anilines is 1. The van der Waals surface area contributed by atoms with Crippen LogP contribution in [0.4, 0.5) is 5.00 Å². The van der Waals surface area contributed by atoms with Crippen molar-refractivity contribution in [2.75, 3.05) is 11.9 Å². The van der Waals surface area contributed by atoms with Crippen molar-refractivity contribution in [3.05, 3.63) is 38.6 Å². The number of esters is 2. The SMILES string of the molecule is CCOC(=O)c1c(NC(=O)[C@@H](C)OC(=O)c2ccc(Br)o2)sc2c1CC[C@@H](C)C2. The number of fused-ring (bicyclic) bond motifs is 1. The lowest BCUT2D eigenvalue weighted by atomic mass is 9.88. The minimum Gasteiger partial charge on any atom is -0.462 e. The lowest BCUT2D eigenvalue weighted by Gasteiger charge is -2.18. The van der Waals surface area contributed by atoms with Gasteiger partial charge in [-0.2, -0.15) is 0 Å². The van der Waals surface area contributed by atoms with Crippen LogP contribution in [0, 0.1) is 5.92 Å². The summed E-state index contributed by atoms with van der Waals surface area (Å²) in [6, 6.07) is 3.01. The summed E-state index contributed by atoms with van der Waals surface area (Å²) in [4.78, 5) is 38.3. The van der Waals surface area contributed by atoms with Crippen LogP contribution in [0.25, 0.3) is 0 Å². The molecule has 0 unspecified atom stereocenters. The Morgan fingerprint density at radius 2 is 2.10 bits per heavy atom. The number of carbonyl (C=O) groups excluding carboxylic acids is 3. The number of hydrogen-bond donors (Lipinski definition) is 1. The van der Waals surface area contributed by atoms with Crippen molar-refractivity contribution >= 4 is 50.1 Å². The molecule has 2 heterocycles. The van der Waals surface area contributed by atoms with Crippen molar-refractivity contribution in [2.24, 2.45) is 5.92 Å². The topological polar surface area (TPSA) is 94.8 Å². The Hall–Kier alpha value is -2.13. The number of nitrogens with one attached hydrogen (secondary N) is 1. The van der Waals surface area contributed by atoms with E-state index in [0.29, 0.717) is 21.2 Å². The summed E-state index contributed by atoms with van der Waals surface area (Å²) < 4.78 is 15.9. The molecule has 1 aliphatic rings. The average molecular weight is 484 g/mol. The third-order valence-electron chi connectivity index (χ3n) is 4.66. The van der Waals surface area contributed by atoms with Crippen molar-refractivity contribution < 1.29 is 28.3 Å². The van der Waals surface area contributed by atoms with Crippen LogP contribution < -0.4 is 5.32 Å². The van der Waals surface area contributed by atoms with Crippen LogP contribution in [0.5, 0.6) is 0 Å². The lowest BCUT2D eigenvalue weighted by molar-refractivity contribution is -0.123. The molecular weight excluding hydrogens is 462 g/mol. The van der Waals surface area contributed by atoms with Gasteiger partial charge in [0.25, 0.3) is 5.91 Å². The Kier molecular flexibility index (Phi) is 6.79. The molecule has 29 heavy (non-hydrogen) atoms. The quantitative estimate of drug-likeness (QED) is 0.603. The van der Waals surface area contributed by atoms with Crippen molar-refractivity contribution in [1.29, 1.82) is 0 Å². The number of carbonyl (C=O) groups is 3. The predicted octanol–water partition coefficient (Wildman–Crippen LogP) is 4.59. The molecule has 0 aromatic carbocycles. The largest absolute Gasteiger partial charge is 0.462 e. The van der Waals surface area contributed by atoms with Crippen LogP contribution in [-0.4, -0.2) is 30.6 Å². The Balaban J connectivity index is 1.76. The van der Waals surface area contributed by atoms with Crippen LogP contribution >= 0.6 is 27.3 Å². The second kappa shape index (κ2) is 9.13. The first kappa shape index (κ1) is 21.6. The summed E-state index contributed by atoms with van der Waals surface area (Å²) in [5, 5.41) is 3.19. The molecule has 9 heteroatoms. The standard InChI is InChI=1S/C20H22BrNO6S/c1-4-26-20(25)16-12-6-5-10(2)9-14(12)29-18(16)22-17(23)11(3)27-19(24)13-7-8-15(21)28-13/h7-8,10-11H,4-6,9H2,1-3H3,(H,22,23)/t10-,11-/m1/s1. The van der Waals surface area contributed by atoms with Gasteiger partial charge in [-0.15, -0.1) is 11.3 Å². The molecule has 0 radical (unpaired) electrons. The Labute approximate surface area is 180 Å². The fourth-order valence-electron chi connectivity index (χ4n) is 3.17. The van der Waals surface area contributed by atoms with E-state index in [2.05, 4.69) is 28.2 Å². The van der Waals surface area contributed by atoms with Gasteiger partial charge in [-0.3, -0.25) is 4.79 Å². The van der Waals surface area contributed by atoms with E-state index in [0.717, 1.165) is 29.7 Å². The summed E-state index contributed by atoms with van der Waals surface area (Å²) in [5.41, 5.74) is 1.37. The highest BCUT2D eigenvalue weighted by Crippen LogP contribution is 2.40. The number of hydrogen-bond acceptors (Lipinski definition) is 7. The fraction of sp³-hybridized carbons (Fsp3) is 0.450. The number of amides is 1. The normalized spacial score (nSPS) is 16.6. The van der Waals surface area contributed by atoms with Gasteiger partial charge in [-0.05, 0) is 72.7 Å². The van der Waals surface area contributed by atoms with Gasteiger partial charge in [-0.25, -0.2) is 9.59 Å². The number of thiophene rings is 1. The van der Waals surface area contributed by atoms with E-state index in [9.17, 15) is 14.4 Å². The molecule has 0 saturated carbocycles. The molecule has 0 aliphatic heterocycles. The molecule has 0 spiro atoms. The highest BCUT2D eigenvalue weighted by molar-refractivity contribution is 9.10. The molecular formula is C20H22BrNO6S. The first-order valence-corrected chi connectivity index (χ1v) is 11.0. The number of rotatable bonds is 6. The van der Waals surface area contributed by atoms with Gasteiger partial charge in [-0.1, -0.05) is 6.92 Å². The predicted molar refractivity (Wildman–Crippen MR) is 111 cm³/mol. The highest BCUT2D eigenvalue weighted by atomic mass is 79.9. The zero-order valence-corrected chi connectivity index (χ0v) is 18.8. The molecule has 2 aromatic rings. The number of halogens is 1. The summed E-state index contributed by atoms with van der Waals surface area (Å²) in [7, 11) is 0. The van der Waals surface area contributed by atoms with Crippen molar-refractivity contribution in [3.8, 4) is 0 Å². The molecule has 3 rings (SSSR count). The molecule has 1 aliphatic carbocycles. The van der Waals surface area contributed by atoms with Crippen molar-refractivity contribution in [2.45, 2.75) is 46.1 Å². The highest BCUT2D eigenvalue weighted by Gasteiger charge is 2.30. The summed E-state index contributed by atoms with van der Waals surface area (Å²) >= 11 is 4.50. The van der Waals surface area contributed by atoms with Crippen molar-refractivity contribution in [3.63, 3.8) is 0 Å². The van der Waals surface area contributed by atoms with E-state index >= 15 is 0 Å². The van der Waals surface area contributed by atoms with Gasteiger partial charge in [0, 0.05) is 4.88 Å². The summed E-state index contributed by atoms with van der Waals surface area (Å²) in [5.74, 6) is -1.21. The van der Waals surface area contributed by atoms with Gasteiger partial charge in [0.1, 0.15) is 5.00 Å². The number of ether oxygens (including phenoxy) is 2. The summed E-state index contributed by atoms with van der Waals surface area (Å²) in [6.07, 6.45) is 1.55. The van der Waals surface area contributed by atoms with Crippen LogP contribution in [0.3, 0.4) is 0 Å². The first-order valence-electron chi connectivity index (χ1n) is 9.39. The maximum absolute atomic E-state index is 12.6. The van der Waals surface area contributed by atoms with Gasteiger partial charge >= 0.3 is 11.9 Å². The number of furan rings is 1. The maximum atomic E-state index is 12.6. The molecule has 0 bridgehead atoms. The third kappa shape index (κ3) is 4.90. The Bertz CT molecular complexity index is 934. The first-order chi connectivity index (χ1) is 13.8. The molecule has 1 N–H and O–H groups in total. The van der Waals surface area contributed by atoms with Gasteiger partial charge in [0.2, 0.25) is 5.76 Å². The minimum atomic E-state index is -1.07. The zero-order chi connectivity index (χ0) is 21.1. The van der Waals surface area contributed by atoms with Gasteiger partial charge in [0.05, 0.1) is 12.2 Å².